The van der Waals surface area contributed by atoms with Crippen molar-refractivity contribution in [2.75, 3.05) is 55.6 Å². The van der Waals surface area contributed by atoms with E-state index in [-0.39, 0.29) is 31.2 Å². The quantitative estimate of drug-likeness (QED) is 0.343. The van der Waals surface area contributed by atoms with Crippen molar-refractivity contribution in [1.82, 2.24) is 36.5 Å². The average molecular weight is 525 g/mol. The summed E-state index contributed by atoms with van der Waals surface area (Å²) in [4.78, 5) is 38.7. The zero-order chi connectivity index (χ0) is 26.4. The summed E-state index contributed by atoms with van der Waals surface area (Å²) in [5.41, 5.74) is 4.25. The second kappa shape index (κ2) is 11.9. The molecule has 1 aromatic carbocycles. The van der Waals surface area contributed by atoms with Gasteiger partial charge in [-0.1, -0.05) is 0 Å². The smallest absolute Gasteiger partial charge is 0.414 e. The van der Waals surface area contributed by atoms with E-state index < -0.39 is 30.3 Å². The number of anilines is 2. The number of carbonyl (C=O) groups is 3. The molecule has 2 aliphatic heterocycles. The molecule has 4 rings (SSSR count). The van der Waals surface area contributed by atoms with Gasteiger partial charge in [-0.25, -0.2) is 14.6 Å². The van der Waals surface area contributed by atoms with Gasteiger partial charge in [0.15, 0.2) is 0 Å². The zero-order valence-corrected chi connectivity index (χ0v) is 19.6. The number of amides is 3. The predicted molar refractivity (Wildman–Crippen MR) is 123 cm³/mol. The van der Waals surface area contributed by atoms with Crippen LogP contribution in [-0.4, -0.2) is 96.7 Å². The van der Waals surface area contributed by atoms with Crippen LogP contribution in [0.3, 0.4) is 0 Å². The Morgan fingerprint density at radius 2 is 2.08 bits per heavy atom. The summed E-state index contributed by atoms with van der Waals surface area (Å²) < 4.78 is 44.8. The molecule has 1 atom stereocenters. The summed E-state index contributed by atoms with van der Waals surface area (Å²) >= 11 is 0. The van der Waals surface area contributed by atoms with Crippen molar-refractivity contribution in [3.63, 3.8) is 0 Å². The van der Waals surface area contributed by atoms with E-state index in [1.54, 1.807) is 17.2 Å². The molecule has 0 bridgehead atoms. The summed E-state index contributed by atoms with van der Waals surface area (Å²) in [6.45, 7) is 1.68. The third-order valence-electron chi connectivity index (χ3n) is 5.79. The minimum absolute atomic E-state index is 0.0312. The van der Waals surface area contributed by atoms with E-state index >= 15 is 4.39 Å². The molecule has 13 nitrogen and oxygen atoms in total. The fourth-order valence-corrected chi connectivity index (χ4v) is 3.94. The third kappa shape index (κ3) is 6.65. The highest BCUT2D eigenvalue weighted by atomic mass is 19.3. The number of ether oxygens (including phenoxy) is 1. The highest BCUT2D eigenvalue weighted by Gasteiger charge is 2.33. The highest BCUT2D eigenvalue weighted by molar-refractivity contribution is 5.90. The minimum Gasteiger partial charge on any atom is -0.442 e. The topological polar surface area (TPSA) is 148 Å². The van der Waals surface area contributed by atoms with Crippen molar-refractivity contribution in [1.29, 1.82) is 0 Å². The molecule has 0 aliphatic carbocycles. The van der Waals surface area contributed by atoms with Gasteiger partial charge in [0.1, 0.15) is 11.9 Å². The number of hydrogen-bond donors (Lipinski definition) is 4. The number of cyclic esters (lactones) is 1. The van der Waals surface area contributed by atoms with E-state index in [1.165, 1.54) is 22.0 Å². The number of hydrazine groups is 1. The fraction of sp³-hybridized carbons (Fsp3) is 0.476. The Kier molecular flexibility index (Phi) is 8.39. The van der Waals surface area contributed by atoms with Crippen LogP contribution in [0, 0.1) is 5.82 Å². The standard InChI is InChI=1S/C21H26F3N9O4/c22-16-7-14(32-12-15(37-21(32)36)10-26-20(35)19(23)24)1-2-17(16)31-4-3-28-33(6-5-31)18(34)11-25-8-13-9-27-30-29-13/h1-2,7,9,15,19,25,28H,3-6,8,10-12H2,(H,26,35)(H,27,29,30)/t15-/m0/s1. The molecule has 37 heavy (non-hydrogen) atoms. The van der Waals surface area contributed by atoms with E-state index in [1.807, 2.05) is 5.32 Å². The maximum atomic E-state index is 15.1. The Labute approximate surface area is 209 Å². The summed E-state index contributed by atoms with van der Waals surface area (Å²) in [6.07, 6.45) is -3.23. The van der Waals surface area contributed by atoms with Crippen molar-refractivity contribution in [2.24, 2.45) is 0 Å². The number of aromatic amines is 1. The maximum Gasteiger partial charge on any atom is 0.414 e. The van der Waals surface area contributed by atoms with Crippen molar-refractivity contribution in [3.05, 3.63) is 35.9 Å². The fourth-order valence-electron chi connectivity index (χ4n) is 3.94. The first-order valence-corrected chi connectivity index (χ1v) is 11.5. The van der Waals surface area contributed by atoms with Crippen LogP contribution >= 0.6 is 0 Å². The van der Waals surface area contributed by atoms with Gasteiger partial charge in [-0.2, -0.15) is 24.2 Å². The van der Waals surface area contributed by atoms with Gasteiger partial charge in [0.05, 0.1) is 49.4 Å². The molecule has 200 valence electrons. The SMILES string of the molecule is O=C(NC[C@H]1CN(c2ccc(N3CCNN(C(=O)CNCc4cn[nH]n4)CC3)c(F)c2)C(=O)O1)C(F)F. The van der Waals surface area contributed by atoms with E-state index in [0.717, 1.165) is 0 Å². The molecular weight excluding hydrogens is 499 g/mol. The summed E-state index contributed by atoms with van der Waals surface area (Å²) in [7, 11) is 0. The van der Waals surface area contributed by atoms with Gasteiger partial charge in [-0.15, -0.1) is 0 Å². The lowest BCUT2D eigenvalue weighted by Gasteiger charge is -2.24. The van der Waals surface area contributed by atoms with Crippen molar-refractivity contribution in [2.45, 2.75) is 19.1 Å². The number of rotatable bonds is 9. The number of carbonyl (C=O) groups excluding carboxylic acids is 3. The molecule has 0 radical (unpaired) electrons. The van der Waals surface area contributed by atoms with E-state index in [9.17, 15) is 23.2 Å². The molecule has 3 heterocycles. The molecule has 16 heteroatoms. The number of H-pyrrole nitrogens is 1. The number of benzene rings is 1. The molecule has 0 saturated carbocycles. The Balaban J connectivity index is 1.30. The number of halogens is 3. The Morgan fingerprint density at radius 3 is 2.81 bits per heavy atom. The summed E-state index contributed by atoms with van der Waals surface area (Å²) in [6, 6.07) is 4.27. The Hall–Kier alpha value is -3.92. The maximum absolute atomic E-state index is 15.1. The van der Waals surface area contributed by atoms with Crippen LogP contribution in [0.15, 0.2) is 24.4 Å². The lowest BCUT2D eigenvalue weighted by atomic mass is 10.2. The first-order chi connectivity index (χ1) is 17.8. The van der Waals surface area contributed by atoms with Crippen LogP contribution in [-0.2, 0) is 20.9 Å². The molecule has 2 aromatic rings. The monoisotopic (exact) mass is 525 g/mol. The molecule has 2 fully saturated rings. The van der Waals surface area contributed by atoms with E-state index in [0.29, 0.717) is 44.1 Å². The van der Waals surface area contributed by atoms with Crippen LogP contribution < -0.4 is 25.9 Å². The second-order valence-electron chi connectivity index (χ2n) is 8.30. The van der Waals surface area contributed by atoms with Crippen molar-refractivity contribution in [3.8, 4) is 0 Å². The number of nitrogens with zero attached hydrogens (tertiary/aromatic N) is 5. The molecular formula is C21H26F3N9O4. The first-order valence-electron chi connectivity index (χ1n) is 11.5. The average Bonchev–Trinajstić information content (AvgIpc) is 3.45. The van der Waals surface area contributed by atoms with Crippen LogP contribution in [0.5, 0.6) is 0 Å². The number of hydrogen-bond acceptors (Lipinski definition) is 9. The van der Waals surface area contributed by atoms with Gasteiger partial charge in [-0.05, 0) is 18.2 Å². The molecule has 2 saturated heterocycles. The van der Waals surface area contributed by atoms with Crippen molar-refractivity contribution < 1.29 is 32.3 Å². The van der Waals surface area contributed by atoms with Crippen LogP contribution in [0.25, 0.3) is 0 Å². The van der Waals surface area contributed by atoms with Gasteiger partial charge >= 0.3 is 12.5 Å². The van der Waals surface area contributed by atoms with E-state index in [4.69, 9.17) is 4.74 Å². The van der Waals surface area contributed by atoms with Crippen LogP contribution in [0.4, 0.5) is 29.3 Å². The molecule has 1 aromatic heterocycles. The number of aromatic nitrogens is 3. The largest absolute Gasteiger partial charge is 0.442 e. The minimum atomic E-state index is -3.17. The molecule has 0 spiro atoms. The lowest BCUT2D eigenvalue weighted by Crippen LogP contribution is -2.47. The van der Waals surface area contributed by atoms with Crippen molar-refractivity contribution >= 4 is 29.3 Å². The van der Waals surface area contributed by atoms with Crippen LogP contribution in [0.1, 0.15) is 5.69 Å². The summed E-state index contributed by atoms with van der Waals surface area (Å²) in [5, 5.41) is 16.6. The van der Waals surface area contributed by atoms with Gasteiger partial charge in [0, 0.05) is 26.2 Å². The molecule has 0 unspecified atom stereocenters. The third-order valence-corrected chi connectivity index (χ3v) is 5.79. The highest BCUT2D eigenvalue weighted by Crippen LogP contribution is 2.28. The zero-order valence-electron chi connectivity index (χ0n) is 19.6. The first kappa shape index (κ1) is 26.2. The molecule has 2 aliphatic rings. The van der Waals surface area contributed by atoms with Gasteiger partial charge in [0.2, 0.25) is 0 Å². The summed E-state index contributed by atoms with van der Waals surface area (Å²) in [5.74, 6) is -2.21. The predicted octanol–water partition coefficient (Wildman–Crippen LogP) is -0.407. The molecule has 3 amide bonds. The number of nitrogens with one attached hydrogen (secondary N) is 4. The Morgan fingerprint density at radius 1 is 1.24 bits per heavy atom. The van der Waals surface area contributed by atoms with E-state index in [2.05, 4.69) is 26.2 Å². The Bertz CT molecular complexity index is 1100. The second-order valence-corrected chi connectivity index (χ2v) is 8.30. The normalized spacial score (nSPS) is 18.2. The molecule has 4 N–H and O–H groups in total. The number of alkyl halides is 2. The van der Waals surface area contributed by atoms with Crippen LogP contribution in [0.2, 0.25) is 0 Å². The van der Waals surface area contributed by atoms with Gasteiger partial charge < -0.3 is 20.3 Å². The van der Waals surface area contributed by atoms with Gasteiger partial charge in [0.25, 0.3) is 11.8 Å². The van der Waals surface area contributed by atoms with Gasteiger partial charge in [-0.3, -0.25) is 19.5 Å². The lowest BCUT2D eigenvalue weighted by molar-refractivity contribution is -0.133.